The molecule has 0 saturated heterocycles. The number of rotatable bonds is 4. The van der Waals surface area contributed by atoms with Crippen molar-refractivity contribution in [3.63, 3.8) is 0 Å². The van der Waals surface area contributed by atoms with E-state index in [0.717, 1.165) is 17.8 Å². The predicted molar refractivity (Wildman–Crippen MR) is 61.3 cm³/mol. The Morgan fingerprint density at radius 3 is 3.00 bits per heavy atom. The Balaban J connectivity index is 2.24. The summed E-state index contributed by atoms with van der Waals surface area (Å²) >= 11 is 0. The molecule has 6 heteroatoms. The maximum atomic E-state index is 11.1. The summed E-state index contributed by atoms with van der Waals surface area (Å²) in [7, 11) is 0. The number of primary amides is 1. The first-order chi connectivity index (χ1) is 8.20. The third-order valence-electron chi connectivity index (χ3n) is 2.47. The lowest BCUT2D eigenvalue weighted by molar-refractivity contribution is 0.1000. The zero-order chi connectivity index (χ0) is 12.3. The van der Waals surface area contributed by atoms with Gasteiger partial charge in [0, 0.05) is 12.0 Å². The minimum Gasteiger partial charge on any atom is -0.366 e. The van der Waals surface area contributed by atoms with Gasteiger partial charge in [-0.25, -0.2) is 4.68 Å². The second-order valence-electron chi connectivity index (χ2n) is 3.67. The molecule has 0 aliphatic carbocycles. The van der Waals surface area contributed by atoms with Crippen LogP contribution in [0.25, 0.3) is 0 Å². The van der Waals surface area contributed by atoms with Crippen LogP contribution in [0.4, 0.5) is 0 Å². The lowest BCUT2D eigenvalue weighted by atomic mass is 10.1. The highest BCUT2D eigenvalue weighted by atomic mass is 16.1. The van der Waals surface area contributed by atoms with Crippen LogP contribution in [-0.4, -0.2) is 26.1 Å². The highest BCUT2D eigenvalue weighted by Crippen LogP contribution is 2.07. The molecule has 0 aliphatic heterocycles. The molecule has 1 heterocycles. The van der Waals surface area contributed by atoms with Gasteiger partial charge in [0.2, 0.25) is 5.91 Å². The van der Waals surface area contributed by atoms with E-state index in [-0.39, 0.29) is 0 Å². The molecule has 0 aliphatic rings. The maximum absolute atomic E-state index is 11.1. The van der Waals surface area contributed by atoms with Gasteiger partial charge >= 0.3 is 0 Å². The fourth-order valence-electron chi connectivity index (χ4n) is 1.60. The number of carbonyl (C=O) groups excluding carboxylic acids is 1. The normalized spacial score (nSPS) is 10.4. The number of carbonyl (C=O) groups is 1. The zero-order valence-corrected chi connectivity index (χ0v) is 9.50. The summed E-state index contributed by atoms with van der Waals surface area (Å²) in [6.45, 7) is 2.53. The average Bonchev–Trinajstić information content (AvgIpc) is 2.76. The van der Waals surface area contributed by atoms with Crippen LogP contribution < -0.4 is 5.73 Å². The van der Waals surface area contributed by atoms with Crippen molar-refractivity contribution in [2.24, 2.45) is 5.73 Å². The molecule has 1 aromatic carbocycles. The molecule has 1 aromatic heterocycles. The van der Waals surface area contributed by atoms with Crippen LogP contribution in [-0.2, 0) is 13.0 Å². The number of aryl methyl sites for hydroxylation is 1. The third kappa shape index (κ3) is 2.47. The molecule has 88 valence electrons. The Bertz CT molecular complexity index is 534. The van der Waals surface area contributed by atoms with Crippen LogP contribution in [0, 0.1) is 0 Å². The topological polar surface area (TPSA) is 86.7 Å². The molecule has 2 N–H and O–H groups in total. The molecule has 0 unspecified atom stereocenters. The van der Waals surface area contributed by atoms with E-state index in [9.17, 15) is 4.79 Å². The molecule has 1 amide bonds. The number of hydrogen-bond donors (Lipinski definition) is 1. The van der Waals surface area contributed by atoms with E-state index in [1.54, 1.807) is 22.9 Å². The first kappa shape index (κ1) is 11.3. The molecule has 0 fully saturated rings. The predicted octanol–water partition coefficient (Wildman–Crippen LogP) is 0.383. The fourth-order valence-corrected chi connectivity index (χ4v) is 1.60. The van der Waals surface area contributed by atoms with Crippen LogP contribution >= 0.6 is 0 Å². The second kappa shape index (κ2) is 4.73. The second-order valence-corrected chi connectivity index (χ2v) is 3.67. The number of aromatic nitrogens is 4. The Kier molecular flexibility index (Phi) is 3.13. The Morgan fingerprint density at radius 1 is 1.47 bits per heavy atom. The Morgan fingerprint density at radius 2 is 2.29 bits per heavy atom. The van der Waals surface area contributed by atoms with Crippen LogP contribution in [0.5, 0.6) is 0 Å². The summed E-state index contributed by atoms with van der Waals surface area (Å²) in [5.41, 5.74) is 6.67. The van der Waals surface area contributed by atoms with E-state index < -0.39 is 5.91 Å². The quantitative estimate of drug-likeness (QED) is 0.824. The van der Waals surface area contributed by atoms with E-state index >= 15 is 0 Å². The van der Waals surface area contributed by atoms with Gasteiger partial charge in [0.1, 0.15) is 0 Å². The minimum absolute atomic E-state index is 0.431. The summed E-state index contributed by atoms with van der Waals surface area (Å²) in [6, 6.07) is 7.15. The van der Waals surface area contributed by atoms with Crippen molar-refractivity contribution in [1.82, 2.24) is 20.2 Å². The third-order valence-corrected chi connectivity index (χ3v) is 2.47. The molecule has 2 aromatic rings. The van der Waals surface area contributed by atoms with Crippen LogP contribution in [0.1, 0.15) is 28.7 Å². The van der Waals surface area contributed by atoms with Gasteiger partial charge in [0.05, 0.1) is 6.54 Å². The van der Waals surface area contributed by atoms with Gasteiger partial charge in [-0.2, -0.15) is 0 Å². The fraction of sp³-hybridized carbons (Fsp3) is 0.273. The van der Waals surface area contributed by atoms with Crippen molar-refractivity contribution < 1.29 is 4.79 Å². The monoisotopic (exact) mass is 231 g/mol. The SMILES string of the molecule is CCc1nnnn1Cc1cccc(C(N)=O)c1. The number of benzene rings is 1. The van der Waals surface area contributed by atoms with E-state index in [1.165, 1.54) is 0 Å². The van der Waals surface area contributed by atoms with Crippen molar-refractivity contribution in [3.05, 3.63) is 41.2 Å². The Labute approximate surface area is 98.4 Å². The van der Waals surface area contributed by atoms with Crippen LogP contribution in [0.3, 0.4) is 0 Å². The largest absolute Gasteiger partial charge is 0.366 e. The smallest absolute Gasteiger partial charge is 0.248 e. The summed E-state index contributed by atoms with van der Waals surface area (Å²) in [5.74, 6) is 0.383. The summed E-state index contributed by atoms with van der Waals surface area (Å²) < 4.78 is 1.71. The number of nitrogens with two attached hydrogens (primary N) is 1. The van der Waals surface area contributed by atoms with Gasteiger partial charge in [0.25, 0.3) is 0 Å². The molecule has 0 bridgehead atoms. The summed E-state index contributed by atoms with van der Waals surface area (Å²) in [5, 5.41) is 11.4. The molecule has 0 radical (unpaired) electrons. The first-order valence-corrected chi connectivity index (χ1v) is 5.34. The highest BCUT2D eigenvalue weighted by molar-refractivity contribution is 5.92. The summed E-state index contributed by atoms with van der Waals surface area (Å²) in [6.07, 6.45) is 0.766. The Hall–Kier alpha value is -2.24. The molecule has 2 rings (SSSR count). The molecule has 0 atom stereocenters. The van der Waals surface area contributed by atoms with Gasteiger partial charge in [0.15, 0.2) is 5.82 Å². The molecular formula is C11H13N5O. The zero-order valence-electron chi connectivity index (χ0n) is 9.50. The van der Waals surface area contributed by atoms with Gasteiger partial charge in [-0.3, -0.25) is 4.79 Å². The van der Waals surface area contributed by atoms with Crippen LogP contribution in [0.2, 0.25) is 0 Å². The van der Waals surface area contributed by atoms with Gasteiger partial charge in [-0.05, 0) is 28.1 Å². The van der Waals surface area contributed by atoms with Gasteiger partial charge < -0.3 is 5.73 Å². The number of amides is 1. The number of hydrogen-bond acceptors (Lipinski definition) is 4. The average molecular weight is 231 g/mol. The lowest BCUT2D eigenvalue weighted by Gasteiger charge is -2.04. The molecule has 6 nitrogen and oxygen atoms in total. The van der Waals surface area contributed by atoms with E-state index in [0.29, 0.717) is 12.1 Å². The highest BCUT2D eigenvalue weighted by Gasteiger charge is 2.06. The van der Waals surface area contributed by atoms with Crippen molar-refractivity contribution in [1.29, 1.82) is 0 Å². The molecule has 17 heavy (non-hydrogen) atoms. The molecule has 0 spiro atoms. The van der Waals surface area contributed by atoms with Crippen molar-refractivity contribution in [3.8, 4) is 0 Å². The van der Waals surface area contributed by atoms with E-state index in [2.05, 4.69) is 15.5 Å². The van der Waals surface area contributed by atoms with Crippen molar-refractivity contribution in [2.75, 3.05) is 0 Å². The van der Waals surface area contributed by atoms with E-state index in [4.69, 9.17) is 5.73 Å². The minimum atomic E-state index is -0.431. The van der Waals surface area contributed by atoms with E-state index in [1.807, 2.05) is 13.0 Å². The van der Waals surface area contributed by atoms with Crippen molar-refractivity contribution >= 4 is 5.91 Å². The lowest BCUT2D eigenvalue weighted by Crippen LogP contribution is -2.12. The number of tetrazole rings is 1. The van der Waals surface area contributed by atoms with Crippen molar-refractivity contribution in [2.45, 2.75) is 19.9 Å². The van der Waals surface area contributed by atoms with Gasteiger partial charge in [-0.1, -0.05) is 19.1 Å². The van der Waals surface area contributed by atoms with Crippen LogP contribution in [0.15, 0.2) is 24.3 Å². The molecular weight excluding hydrogens is 218 g/mol. The molecule has 0 saturated carbocycles. The summed E-state index contributed by atoms with van der Waals surface area (Å²) in [4.78, 5) is 11.1. The van der Waals surface area contributed by atoms with Gasteiger partial charge in [-0.15, -0.1) is 5.10 Å². The standard InChI is InChI=1S/C11H13N5O/c1-2-10-13-14-15-16(10)7-8-4-3-5-9(6-8)11(12)17/h3-6H,2,7H2,1H3,(H2,12,17). The number of nitrogens with zero attached hydrogens (tertiary/aromatic N) is 4. The first-order valence-electron chi connectivity index (χ1n) is 5.34. The maximum Gasteiger partial charge on any atom is 0.248 e.